The van der Waals surface area contributed by atoms with Crippen LogP contribution >= 0.6 is 23.2 Å². The minimum Gasteiger partial charge on any atom is -0.484 e. The van der Waals surface area contributed by atoms with Crippen LogP contribution in [0.4, 0.5) is 0 Å². The van der Waals surface area contributed by atoms with Crippen LogP contribution in [-0.4, -0.2) is 25.1 Å². The lowest BCUT2D eigenvalue weighted by molar-refractivity contribution is -0.123. The summed E-state index contributed by atoms with van der Waals surface area (Å²) in [5.41, 5.74) is 5.62. The van der Waals surface area contributed by atoms with Gasteiger partial charge in [-0.3, -0.25) is 4.79 Å². The molecule has 1 atom stereocenters. The summed E-state index contributed by atoms with van der Waals surface area (Å²) >= 11 is 11.6. The fraction of sp³-hybridized carbons (Fsp3) is 0.462. The van der Waals surface area contributed by atoms with Crippen LogP contribution in [0.1, 0.15) is 12.8 Å². The number of benzene rings is 1. The number of carbonyl (C=O) groups is 1. The van der Waals surface area contributed by atoms with Gasteiger partial charge in [-0.2, -0.15) is 0 Å². The molecular formula is C13H16Cl2N2O2. The summed E-state index contributed by atoms with van der Waals surface area (Å²) in [7, 11) is 0. The van der Waals surface area contributed by atoms with E-state index in [1.807, 2.05) is 0 Å². The Hall–Kier alpha value is -0.970. The number of rotatable bonds is 6. The molecule has 6 heteroatoms. The molecule has 0 radical (unpaired) electrons. The smallest absolute Gasteiger partial charge is 0.258 e. The molecular weight excluding hydrogens is 287 g/mol. The van der Waals surface area contributed by atoms with Gasteiger partial charge in [0.15, 0.2) is 6.61 Å². The van der Waals surface area contributed by atoms with E-state index < -0.39 is 0 Å². The second kappa shape index (κ2) is 6.46. The summed E-state index contributed by atoms with van der Waals surface area (Å²) in [6.07, 6.45) is 2.27. The second-order valence-electron chi connectivity index (χ2n) is 4.61. The molecule has 2 rings (SSSR count). The van der Waals surface area contributed by atoms with E-state index >= 15 is 0 Å². The van der Waals surface area contributed by atoms with E-state index in [4.69, 9.17) is 33.7 Å². The van der Waals surface area contributed by atoms with Gasteiger partial charge in [0.05, 0.1) is 10.0 Å². The Morgan fingerprint density at radius 3 is 2.74 bits per heavy atom. The minimum absolute atomic E-state index is 0.0544. The maximum Gasteiger partial charge on any atom is 0.258 e. The lowest BCUT2D eigenvalue weighted by Gasteiger charge is -2.16. The lowest BCUT2D eigenvalue weighted by Crippen LogP contribution is -2.43. The van der Waals surface area contributed by atoms with Crippen LogP contribution in [0.15, 0.2) is 18.2 Å². The van der Waals surface area contributed by atoms with E-state index in [2.05, 4.69) is 5.32 Å². The average Bonchev–Trinajstić information content (AvgIpc) is 3.21. The molecule has 0 aromatic heterocycles. The van der Waals surface area contributed by atoms with Crippen molar-refractivity contribution in [1.82, 2.24) is 5.32 Å². The highest BCUT2D eigenvalue weighted by Crippen LogP contribution is 2.32. The predicted molar refractivity (Wildman–Crippen MR) is 75.7 cm³/mol. The summed E-state index contributed by atoms with van der Waals surface area (Å²) < 4.78 is 5.35. The molecule has 0 saturated heterocycles. The zero-order valence-corrected chi connectivity index (χ0v) is 11.9. The zero-order chi connectivity index (χ0) is 13.8. The van der Waals surface area contributed by atoms with Crippen molar-refractivity contribution in [3.05, 3.63) is 28.2 Å². The van der Waals surface area contributed by atoms with Gasteiger partial charge in [-0.1, -0.05) is 23.2 Å². The quantitative estimate of drug-likeness (QED) is 0.847. The Kier molecular flexibility index (Phi) is 4.91. The Labute approximate surface area is 122 Å². The van der Waals surface area contributed by atoms with Gasteiger partial charge >= 0.3 is 0 Å². The second-order valence-corrected chi connectivity index (χ2v) is 5.43. The van der Waals surface area contributed by atoms with Gasteiger partial charge in [0.25, 0.3) is 5.91 Å². The number of hydrogen-bond acceptors (Lipinski definition) is 3. The molecule has 0 bridgehead atoms. The molecule has 3 N–H and O–H groups in total. The van der Waals surface area contributed by atoms with E-state index in [1.54, 1.807) is 18.2 Å². The Balaban J connectivity index is 1.80. The fourth-order valence-corrected chi connectivity index (χ4v) is 2.12. The third-order valence-electron chi connectivity index (χ3n) is 3.05. The molecule has 1 amide bonds. The summed E-state index contributed by atoms with van der Waals surface area (Å²) in [5.74, 6) is 0.868. The highest BCUT2D eigenvalue weighted by molar-refractivity contribution is 6.42. The van der Waals surface area contributed by atoms with Gasteiger partial charge in [-0.15, -0.1) is 0 Å². The normalized spacial score (nSPS) is 15.9. The van der Waals surface area contributed by atoms with Crippen LogP contribution in [-0.2, 0) is 4.79 Å². The molecule has 1 saturated carbocycles. The van der Waals surface area contributed by atoms with Crippen molar-refractivity contribution in [2.24, 2.45) is 11.7 Å². The average molecular weight is 303 g/mol. The largest absolute Gasteiger partial charge is 0.484 e. The van der Waals surface area contributed by atoms with E-state index in [1.165, 1.54) is 0 Å². The summed E-state index contributed by atoms with van der Waals surface area (Å²) in [5, 5.41) is 3.73. The molecule has 1 aliphatic carbocycles. The maximum atomic E-state index is 11.7. The van der Waals surface area contributed by atoms with Crippen LogP contribution in [0, 0.1) is 5.92 Å². The van der Waals surface area contributed by atoms with Crippen molar-refractivity contribution >= 4 is 29.1 Å². The zero-order valence-electron chi connectivity index (χ0n) is 10.4. The number of carbonyl (C=O) groups excluding carboxylic acids is 1. The summed E-state index contributed by atoms with van der Waals surface area (Å²) in [6, 6.07) is 4.94. The van der Waals surface area contributed by atoms with Crippen molar-refractivity contribution in [1.29, 1.82) is 0 Å². The van der Waals surface area contributed by atoms with Crippen molar-refractivity contribution < 1.29 is 9.53 Å². The van der Waals surface area contributed by atoms with Gasteiger partial charge in [0.1, 0.15) is 5.75 Å². The van der Waals surface area contributed by atoms with Crippen LogP contribution < -0.4 is 15.8 Å². The molecule has 4 nitrogen and oxygen atoms in total. The molecule has 1 aromatic carbocycles. The number of halogens is 2. The molecule has 0 aliphatic heterocycles. The number of nitrogens with two attached hydrogens (primary N) is 1. The Morgan fingerprint density at radius 1 is 1.42 bits per heavy atom. The SMILES string of the molecule is NCC(NC(=O)COc1ccc(Cl)c(Cl)c1)C1CC1. The molecule has 0 heterocycles. The van der Waals surface area contributed by atoms with Crippen LogP contribution in [0.5, 0.6) is 5.75 Å². The highest BCUT2D eigenvalue weighted by Gasteiger charge is 2.31. The molecule has 19 heavy (non-hydrogen) atoms. The van der Waals surface area contributed by atoms with Crippen molar-refractivity contribution in [3.63, 3.8) is 0 Å². The number of ether oxygens (including phenoxy) is 1. The number of hydrogen-bond donors (Lipinski definition) is 2. The van der Waals surface area contributed by atoms with E-state index in [0.717, 1.165) is 12.8 Å². The van der Waals surface area contributed by atoms with Crippen molar-refractivity contribution in [2.45, 2.75) is 18.9 Å². The minimum atomic E-state index is -0.173. The van der Waals surface area contributed by atoms with Gasteiger partial charge in [0, 0.05) is 18.7 Å². The first-order valence-electron chi connectivity index (χ1n) is 6.17. The van der Waals surface area contributed by atoms with E-state index in [0.29, 0.717) is 28.3 Å². The highest BCUT2D eigenvalue weighted by atomic mass is 35.5. The van der Waals surface area contributed by atoms with Crippen LogP contribution in [0.25, 0.3) is 0 Å². The molecule has 0 spiro atoms. The summed E-state index contributed by atoms with van der Waals surface area (Å²) in [6.45, 7) is 0.407. The first-order chi connectivity index (χ1) is 9.10. The van der Waals surface area contributed by atoms with Crippen molar-refractivity contribution in [3.8, 4) is 5.75 Å². The van der Waals surface area contributed by atoms with Crippen LogP contribution in [0.3, 0.4) is 0 Å². The van der Waals surface area contributed by atoms with Gasteiger partial charge in [0.2, 0.25) is 0 Å². The standard InChI is InChI=1S/C13H16Cl2N2O2/c14-10-4-3-9(5-11(10)15)19-7-13(18)17-12(6-16)8-1-2-8/h3-5,8,12H,1-2,6-7,16H2,(H,17,18). The van der Waals surface area contributed by atoms with Crippen LogP contribution in [0.2, 0.25) is 10.0 Å². The molecule has 1 unspecified atom stereocenters. The van der Waals surface area contributed by atoms with E-state index in [9.17, 15) is 4.79 Å². The third-order valence-corrected chi connectivity index (χ3v) is 3.79. The fourth-order valence-electron chi connectivity index (χ4n) is 1.83. The first kappa shape index (κ1) is 14.4. The molecule has 1 fully saturated rings. The van der Waals surface area contributed by atoms with Gasteiger partial charge < -0.3 is 15.8 Å². The first-order valence-corrected chi connectivity index (χ1v) is 6.93. The molecule has 1 aliphatic rings. The topological polar surface area (TPSA) is 64.3 Å². The maximum absolute atomic E-state index is 11.7. The number of amides is 1. The Bertz CT molecular complexity index is 464. The molecule has 1 aromatic rings. The predicted octanol–water partition coefficient (Wildman–Crippen LogP) is 2.23. The number of nitrogens with one attached hydrogen (secondary N) is 1. The summed E-state index contributed by atoms with van der Waals surface area (Å²) in [4.78, 5) is 11.7. The Morgan fingerprint density at radius 2 is 2.16 bits per heavy atom. The van der Waals surface area contributed by atoms with Gasteiger partial charge in [-0.05, 0) is 30.9 Å². The van der Waals surface area contributed by atoms with Crippen molar-refractivity contribution in [2.75, 3.05) is 13.2 Å². The lowest BCUT2D eigenvalue weighted by atomic mass is 10.2. The van der Waals surface area contributed by atoms with E-state index in [-0.39, 0.29) is 18.6 Å². The molecule has 104 valence electrons. The van der Waals surface area contributed by atoms with Gasteiger partial charge in [-0.25, -0.2) is 0 Å². The third kappa shape index (κ3) is 4.27. The monoisotopic (exact) mass is 302 g/mol.